The number of nitrogens with one attached hydrogen (secondary N) is 1. The zero-order chi connectivity index (χ0) is 17.2. The maximum atomic E-state index is 12.5. The first-order valence-electron chi connectivity index (χ1n) is 7.49. The van der Waals surface area contributed by atoms with E-state index in [2.05, 4.69) is 9.71 Å². The zero-order valence-electron chi connectivity index (χ0n) is 13.6. The summed E-state index contributed by atoms with van der Waals surface area (Å²) in [5.74, 6) is 0.660. The molecule has 0 saturated heterocycles. The highest BCUT2D eigenvalue weighted by molar-refractivity contribution is 7.89. The fourth-order valence-electron chi connectivity index (χ4n) is 2.57. The van der Waals surface area contributed by atoms with Gasteiger partial charge in [0.05, 0.1) is 29.1 Å². The van der Waals surface area contributed by atoms with Gasteiger partial charge < -0.3 is 9.30 Å². The molecule has 0 atom stereocenters. The number of aryl methyl sites for hydroxylation is 1. The summed E-state index contributed by atoms with van der Waals surface area (Å²) in [5, 5.41) is 0. The van der Waals surface area contributed by atoms with Crippen LogP contribution in [-0.2, 0) is 35.0 Å². The quantitative estimate of drug-likeness (QED) is 0.743. The summed E-state index contributed by atoms with van der Waals surface area (Å²) in [7, 11) is -0.165. The van der Waals surface area contributed by atoms with Crippen molar-refractivity contribution in [2.75, 3.05) is 7.11 Å². The number of hydrogen-bond donors (Lipinski definition) is 1. The predicted molar refractivity (Wildman–Crippen MR) is 91.9 cm³/mol. The molecule has 0 fully saturated rings. The average molecular weight is 345 g/mol. The van der Waals surface area contributed by atoms with Gasteiger partial charge >= 0.3 is 0 Å². The smallest absolute Gasteiger partial charge is 0.240 e. The van der Waals surface area contributed by atoms with E-state index in [4.69, 9.17) is 4.74 Å². The molecule has 2 aromatic carbocycles. The van der Waals surface area contributed by atoms with Crippen LogP contribution in [0.5, 0.6) is 0 Å². The Hall–Kier alpha value is -2.22. The van der Waals surface area contributed by atoms with Crippen molar-refractivity contribution >= 4 is 21.1 Å². The number of para-hydroxylation sites is 2. The Balaban J connectivity index is 1.81. The number of sulfonamides is 1. The van der Waals surface area contributed by atoms with Crippen LogP contribution in [0.3, 0.4) is 0 Å². The maximum Gasteiger partial charge on any atom is 0.240 e. The van der Waals surface area contributed by atoms with E-state index in [0.29, 0.717) is 12.4 Å². The second kappa shape index (κ2) is 6.72. The van der Waals surface area contributed by atoms with Crippen LogP contribution in [-0.4, -0.2) is 25.1 Å². The van der Waals surface area contributed by atoms with Gasteiger partial charge in [-0.3, -0.25) is 0 Å². The van der Waals surface area contributed by atoms with Crippen LogP contribution in [0.2, 0.25) is 0 Å². The number of ether oxygens (including phenoxy) is 1. The Bertz CT molecular complexity index is 964. The van der Waals surface area contributed by atoms with Gasteiger partial charge in [0.1, 0.15) is 5.82 Å². The summed E-state index contributed by atoms with van der Waals surface area (Å²) < 4.78 is 34.5. The normalized spacial score (nSPS) is 11.9. The molecule has 0 aliphatic heterocycles. The molecule has 1 heterocycles. The van der Waals surface area contributed by atoms with Gasteiger partial charge in [-0.25, -0.2) is 18.1 Å². The fraction of sp³-hybridized carbons (Fsp3) is 0.235. The molecule has 0 aliphatic carbocycles. The molecule has 126 valence electrons. The summed E-state index contributed by atoms with van der Waals surface area (Å²) in [6.45, 7) is 0.496. The minimum atomic E-state index is -3.61. The van der Waals surface area contributed by atoms with Gasteiger partial charge in [-0.2, -0.15) is 0 Å². The van der Waals surface area contributed by atoms with Crippen molar-refractivity contribution < 1.29 is 13.2 Å². The highest BCUT2D eigenvalue weighted by Crippen LogP contribution is 2.16. The van der Waals surface area contributed by atoms with E-state index >= 15 is 0 Å². The lowest BCUT2D eigenvalue weighted by atomic mass is 10.2. The van der Waals surface area contributed by atoms with Crippen LogP contribution < -0.4 is 4.72 Å². The van der Waals surface area contributed by atoms with Crippen LogP contribution in [0.1, 0.15) is 11.4 Å². The molecule has 0 radical (unpaired) electrons. The van der Waals surface area contributed by atoms with Gasteiger partial charge in [-0.15, -0.1) is 0 Å². The summed E-state index contributed by atoms with van der Waals surface area (Å²) in [6.07, 6.45) is 0. The van der Waals surface area contributed by atoms with E-state index in [1.54, 1.807) is 25.3 Å². The highest BCUT2D eigenvalue weighted by atomic mass is 32.2. The standard InChI is InChI=1S/C17H19N3O3S/c1-20-16-9-4-3-8-15(16)19-17(20)11-18-24(21,22)14-7-5-6-13(10-14)12-23-2/h3-10,18H,11-12H2,1-2H3. The van der Waals surface area contributed by atoms with Gasteiger partial charge in [-0.05, 0) is 29.8 Å². The molecule has 0 aliphatic rings. The second-order valence-corrected chi connectivity index (χ2v) is 7.25. The van der Waals surface area contributed by atoms with Crippen LogP contribution >= 0.6 is 0 Å². The van der Waals surface area contributed by atoms with Crippen molar-refractivity contribution in [1.29, 1.82) is 0 Å². The Kier molecular flexibility index (Phi) is 4.66. The van der Waals surface area contributed by atoms with Crippen molar-refractivity contribution in [3.05, 3.63) is 59.9 Å². The van der Waals surface area contributed by atoms with Crippen LogP contribution in [0.25, 0.3) is 11.0 Å². The molecule has 6 nitrogen and oxygen atoms in total. The second-order valence-electron chi connectivity index (χ2n) is 5.48. The number of aromatic nitrogens is 2. The van der Waals surface area contributed by atoms with E-state index in [9.17, 15) is 8.42 Å². The molecule has 0 saturated carbocycles. The minimum Gasteiger partial charge on any atom is -0.380 e. The summed E-state index contributed by atoms with van der Waals surface area (Å²) in [6, 6.07) is 14.4. The van der Waals surface area contributed by atoms with Crippen molar-refractivity contribution in [3.8, 4) is 0 Å². The van der Waals surface area contributed by atoms with Crippen LogP contribution in [0.15, 0.2) is 53.4 Å². The average Bonchev–Trinajstić information content (AvgIpc) is 2.90. The van der Waals surface area contributed by atoms with E-state index in [0.717, 1.165) is 16.6 Å². The third-order valence-corrected chi connectivity index (χ3v) is 5.22. The highest BCUT2D eigenvalue weighted by Gasteiger charge is 2.16. The molecule has 0 unspecified atom stereocenters. The van der Waals surface area contributed by atoms with Gasteiger partial charge in [0.25, 0.3) is 0 Å². The molecule has 0 bridgehead atoms. The molecule has 1 aromatic heterocycles. The Morgan fingerprint density at radius 2 is 1.96 bits per heavy atom. The molecule has 0 spiro atoms. The first-order valence-corrected chi connectivity index (χ1v) is 8.97. The van der Waals surface area contributed by atoms with E-state index < -0.39 is 10.0 Å². The molecule has 3 rings (SSSR count). The number of hydrogen-bond acceptors (Lipinski definition) is 4. The van der Waals surface area contributed by atoms with Crippen LogP contribution in [0, 0.1) is 0 Å². The summed E-state index contributed by atoms with van der Waals surface area (Å²) in [4.78, 5) is 4.69. The van der Waals surface area contributed by atoms with E-state index in [1.807, 2.05) is 41.9 Å². The topological polar surface area (TPSA) is 73.2 Å². The van der Waals surface area contributed by atoms with Gasteiger partial charge in [0.2, 0.25) is 10.0 Å². The molecular formula is C17H19N3O3S. The fourth-order valence-corrected chi connectivity index (χ4v) is 3.62. The zero-order valence-corrected chi connectivity index (χ0v) is 14.4. The SMILES string of the molecule is COCc1cccc(S(=O)(=O)NCc2nc3ccccc3n2C)c1. The summed E-state index contributed by atoms with van der Waals surface area (Å²) >= 11 is 0. The van der Waals surface area contributed by atoms with Gasteiger partial charge in [0.15, 0.2) is 0 Å². The lowest BCUT2D eigenvalue weighted by Crippen LogP contribution is -2.24. The molecular weight excluding hydrogens is 326 g/mol. The van der Waals surface area contributed by atoms with Gasteiger partial charge in [0, 0.05) is 14.2 Å². The molecule has 0 amide bonds. The van der Waals surface area contributed by atoms with E-state index in [-0.39, 0.29) is 11.4 Å². The lowest BCUT2D eigenvalue weighted by Gasteiger charge is -2.08. The maximum absolute atomic E-state index is 12.5. The first kappa shape index (κ1) is 16.6. The minimum absolute atomic E-state index is 0.127. The number of benzene rings is 2. The van der Waals surface area contributed by atoms with Crippen molar-refractivity contribution in [1.82, 2.24) is 14.3 Å². The van der Waals surface area contributed by atoms with Gasteiger partial charge in [-0.1, -0.05) is 24.3 Å². The number of imidazole rings is 1. The third-order valence-electron chi connectivity index (χ3n) is 3.82. The molecule has 24 heavy (non-hydrogen) atoms. The number of nitrogens with zero attached hydrogens (tertiary/aromatic N) is 2. The van der Waals surface area contributed by atoms with Crippen molar-refractivity contribution in [2.45, 2.75) is 18.0 Å². The number of fused-ring (bicyclic) bond motifs is 1. The molecule has 3 aromatic rings. The molecule has 7 heteroatoms. The van der Waals surface area contributed by atoms with Crippen molar-refractivity contribution in [3.63, 3.8) is 0 Å². The summed E-state index contributed by atoms with van der Waals surface area (Å²) in [5.41, 5.74) is 2.62. The number of rotatable bonds is 6. The molecule has 1 N–H and O–H groups in total. The Morgan fingerprint density at radius 1 is 1.17 bits per heavy atom. The lowest BCUT2D eigenvalue weighted by molar-refractivity contribution is 0.184. The van der Waals surface area contributed by atoms with Crippen LogP contribution in [0.4, 0.5) is 0 Å². The Labute approximate surface area is 141 Å². The monoisotopic (exact) mass is 345 g/mol. The van der Waals surface area contributed by atoms with E-state index in [1.165, 1.54) is 0 Å². The Morgan fingerprint density at radius 3 is 2.71 bits per heavy atom. The third kappa shape index (κ3) is 3.33. The largest absolute Gasteiger partial charge is 0.380 e. The predicted octanol–water partition coefficient (Wildman–Crippen LogP) is 2.20. The first-order chi connectivity index (χ1) is 11.5. The van der Waals surface area contributed by atoms with Crippen molar-refractivity contribution in [2.24, 2.45) is 7.05 Å². The number of methoxy groups -OCH3 is 1.